The predicted octanol–water partition coefficient (Wildman–Crippen LogP) is 3.86. The van der Waals surface area contributed by atoms with Crippen molar-refractivity contribution in [3.05, 3.63) is 82.7 Å². The van der Waals surface area contributed by atoms with Gasteiger partial charge < -0.3 is 19.4 Å². The molecule has 0 saturated carbocycles. The van der Waals surface area contributed by atoms with Gasteiger partial charge in [0.1, 0.15) is 17.7 Å². The number of ether oxygens (including phenoxy) is 2. The minimum Gasteiger partial charge on any atom is -0.454 e. The molecule has 6 nitrogen and oxygen atoms in total. The van der Waals surface area contributed by atoms with E-state index in [-0.39, 0.29) is 6.79 Å². The fourth-order valence-corrected chi connectivity index (χ4v) is 3.37. The highest BCUT2D eigenvalue weighted by atomic mass is 35.5. The van der Waals surface area contributed by atoms with Crippen LogP contribution in [0.2, 0.25) is 5.02 Å². The van der Waals surface area contributed by atoms with Crippen molar-refractivity contribution in [2.24, 2.45) is 7.05 Å². The average molecular weight is 414 g/mol. The third kappa shape index (κ3) is 3.95. The van der Waals surface area contributed by atoms with E-state index in [4.69, 9.17) is 21.1 Å². The molecule has 0 aliphatic carbocycles. The SMILES string of the molecule is Cn1ccnc1C(NC(=O)C=Cc1cc(Cl)c2c(c1)OCO2)c1ccccc1F. The second-order valence-electron chi connectivity index (χ2n) is 6.43. The lowest BCUT2D eigenvalue weighted by Gasteiger charge is -2.19. The summed E-state index contributed by atoms with van der Waals surface area (Å²) < 4.78 is 26.7. The number of carbonyl (C=O) groups excluding carboxylic acids is 1. The van der Waals surface area contributed by atoms with E-state index in [0.717, 1.165) is 0 Å². The lowest BCUT2D eigenvalue weighted by molar-refractivity contribution is -0.117. The topological polar surface area (TPSA) is 65.4 Å². The Kier molecular flexibility index (Phi) is 5.22. The molecule has 1 amide bonds. The Bertz CT molecular complexity index is 1100. The molecule has 4 rings (SSSR count). The van der Waals surface area contributed by atoms with E-state index in [2.05, 4.69) is 10.3 Å². The fraction of sp³-hybridized carbons (Fsp3) is 0.143. The molecule has 0 fully saturated rings. The van der Waals surface area contributed by atoms with E-state index in [1.54, 1.807) is 60.4 Å². The van der Waals surface area contributed by atoms with Crippen molar-refractivity contribution in [2.45, 2.75) is 6.04 Å². The van der Waals surface area contributed by atoms with E-state index in [1.807, 2.05) is 0 Å². The van der Waals surface area contributed by atoms with Crippen molar-refractivity contribution in [3.8, 4) is 11.5 Å². The molecule has 29 heavy (non-hydrogen) atoms. The highest BCUT2D eigenvalue weighted by molar-refractivity contribution is 6.32. The number of aryl methyl sites for hydroxylation is 1. The van der Waals surface area contributed by atoms with Crippen LogP contribution >= 0.6 is 11.6 Å². The molecule has 1 aliphatic heterocycles. The standard InChI is InChI=1S/C21H17ClFN3O3/c1-26-9-8-24-21(26)19(14-4-2-3-5-16(14)23)25-18(27)7-6-13-10-15(22)20-17(11-13)28-12-29-20/h2-11,19H,12H2,1H3,(H,25,27). The van der Waals surface area contributed by atoms with Gasteiger partial charge in [-0.25, -0.2) is 9.37 Å². The van der Waals surface area contributed by atoms with Gasteiger partial charge in [-0.1, -0.05) is 29.8 Å². The van der Waals surface area contributed by atoms with E-state index >= 15 is 0 Å². The van der Waals surface area contributed by atoms with Crippen LogP contribution in [0.5, 0.6) is 11.5 Å². The molecule has 8 heteroatoms. The number of hydrogen-bond donors (Lipinski definition) is 1. The maximum atomic E-state index is 14.4. The first kappa shape index (κ1) is 19.0. The first-order valence-electron chi connectivity index (χ1n) is 8.82. The predicted molar refractivity (Wildman–Crippen MR) is 106 cm³/mol. The Morgan fingerprint density at radius 1 is 1.34 bits per heavy atom. The summed E-state index contributed by atoms with van der Waals surface area (Å²) in [5.74, 6) is 0.697. The summed E-state index contributed by atoms with van der Waals surface area (Å²) in [6.45, 7) is 0.108. The van der Waals surface area contributed by atoms with Gasteiger partial charge in [-0.3, -0.25) is 4.79 Å². The summed E-state index contributed by atoms with van der Waals surface area (Å²) in [6, 6.07) is 8.94. The second kappa shape index (κ2) is 7.97. The molecule has 1 unspecified atom stereocenters. The van der Waals surface area contributed by atoms with Crippen molar-refractivity contribution in [1.82, 2.24) is 14.9 Å². The maximum Gasteiger partial charge on any atom is 0.244 e. The number of benzene rings is 2. The van der Waals surface area contributed by atoms with Crippen LogP contribution in [0.1, 0.15) is 23.0 Å². The summed E-state index contributed by atoms with van der Waals surface area (Å²) in [4.78, 5) is 16.9. The average Bonchev–Trinajstić information content (AvgIpc) is 3.34. The smallest absolute Gasteiger partial charge is 0.244 e. The molecule has 2 aromatic carbocycles. The molecular weight excluding hydrogens is 397 g/mol. The van der Waals surface area contributed by atoms with Gasteiger partial charge in [0.15, 0.2) is 11.5 Å². The number of hydrogen-bond acceptors (Lipinski definition) is 4. The minimum atomic E-state index is -0.742. The van der Waals surface area contributed by atoms with E-state index in [1.165, 1.54) is 12.1 Å². The van der Waals surface area contributed by atoms with Gasteiger partial charge in [-0.15, -0.1) is 0 Å². The zero-order valence-corrected chi connectivity index (χ0v) is 16.2. The molecule has 0 saturated heterocycles. The monoisotopic (exact) mass is 413 g/mol. The van der Waals surface area contributed by atoms with Gasteiger partial charge in [0.2, 0.25) is 12.7 Å². The van der Waals surface area contributed by atoms with E-state index in [9.17, 15) is 9.18 Å². The molecule has 2 heterocycles. The number of aromatic nitrogens is 2. The van der Waals surface area contributed by atoms with Crippen LogP contribution in [-0.2, 0) is 11.8 Å². The quantitative estimate of drug-likeness (QED) is 0.645. The summed E-state index contributed by atoms with van der Waals surface area (Å²) >= 11 is 6.16. The zero-order chi connectivity index (χ0) is 20.4. The first-order valence-corrected chi connectivity index (χ1v) is 9.20. The fourth-order valence-electron chi connectivity index (χ4n) is 3.09. The maximum absolute atomic E-state index is 14.4. The van der Waals surface area contributed by atoms with E-state index in [0.29, 0.717) is 33.5 Å². The van der Waals surface area contributed by atoms with Crippen LogP contribution in [0.25, 0.3) is 6.08 Å². The number of imidazole rings is 1. The molecule has 1 N–H and O–H groups in total. The van der Waals surface area contributed by atoms with Crippen molar-refractivity contribution in [1.29, 1.82) is 0 Å². The van der Waals surface area contributed by atoms with Gasteiger partial charge in [-0.2, -0.15) is 0 Å². The number of amides is 1. The normalized spacial score (nSPS) is 13.6. The van der Waals surface area contributed by atoms with Gasteiger partial charge >= 0.3 is 0 Å². The number of nitrogens with zero attached hydrogens (tertiary/aromatic N) is 2. The van der Waals surface area contributed by atoms with Crippen LogP contribution in [0, 0.1) is 5.82 Å². The van der Waals surface area contributed by atoms with Crippen molar-refractivity contribution in [2.75, 3.05) is 6.79 Å². The Labute approximate surface area is 171 Å². The zero-order valence-electron chi connectivity index (χ0n) is 15.4. The molecule has 1 aliphatic rings. The summed E-state index contributed by atoms with van der Waals surface area (Å²) in [5.41, 5.74) is 1.00. The summed E-state index contributed by atoms with van der Waals surface area (Å²) in [6.07, 6.45) is 6.28. The van der Waals surface area contributed by atoms with Crippen LogP contribution in [-0.4, -0.2) is 22.3 Å². The Balaban J connectivity index is 1.58. The van der Waals surface area contributed by atoms with E-state index < -0.39 is 17.8 Å². The number of halogens is 2. The molecule has 0 bridgehead atoms. The number of fused-ring (bicyclic) bond motifs is 1. The molecular formula is C21H17ClFN3O3. The lowest BCUT2D eigenvalue weighted by atomic mass is 10.1. The van der Waals surface area contributed by atoms with Crippen molar-refractivity contribution >= 4 is 23.6 Å². The van der Waals surface area contributed by atoms with Crippen molar-refractivity contribution in [3.63, 3.8) is 0 Å². The Morgan fingerprint density at radius 3 is 2.93 bits per heavy atom. The van der Waals surface area contributed by atoms with Gasteiger partial charge in [0.05, 0.1) is 5.02 Å². The molecule has 0 radical (unpaired) electrons. The van der Waals surface area contributed by atoms with Crippen LogP contribution in [0.3, 0.4) is 0 Å². The summed E-state index contributed by atoms with van der Waals surface area (Å²) in [7, 11) is 1.78. The highest BCUT2D eigenvalue weighted by Gasteiger charge is 2.23. The lowest BCUT2D eigenvalue weighted by Crippen LogP contribution is -2.30. The molecule has 1 atom stereocenters. The first-order chi connectivity index (χ1) is 14.0. The number of rotatable bonds is 5. The molecule has 1 aromatic heterocycles. The second-order valence-corrected chi connectivity index (χ2v) is 6.84. The number of nitrogens with one attached hydrogen (secondary N) is 1. The Hall–Kier alpha value is -3.32. The van der Waals surface area contributed by atoms with Gasteiger partial charge in [0, 0.05) is 31.1 Å². The minimum absolute atomic E-state index is 0.108. The number of carbonyl (C=O) groups is 1. The molecule has 3 aromatic rings. The third-order valence-corrected chi connectivity index (χ3v) is 4.78. The molecule has 0 spiro atoms. The largest absolute Gasteiger partial charge is 0.454 e. The third-order valence-electron chi connectivity index (χ3n) is 4.50. The van der Waals surface area contributed by atoms with Gasteiger partial charge in [0.25, 0.3) is 0 Å². The van der Waals surface area contributed by atoms with Crippen molar-refractivity contribution < 1.29 is 18.7 Å². The van der Waals surface area contributed by atoms with Crippen LogP contribution < -0.4 is 14.8 Å². The Morgan fingerprint density at radius 2 is 2.17 bits per heavy atom. The van der Waals surface area contributed by atoms with Gasteiger partial charge in [-0.05, 0) is 29.8 Å². The van der Waals surface area contributed by atoms with Crippen LogP contribution in [0.4, 0.5) is 4.39 Å². The van der Waals surface area contributed by atoms with Crippen LogP contribution in [0.15, 0.2) is 54.9 Å². The summed E-state index contributed by atoms with van der Waals surface area (Å²) in [5, 5.41) is 3.22. The highest BCUT2D eigenvalue weighted by Crippen LogP contribution is 2.40. The molecule has 148 valence electrons.